The molecule has 0 aliphatic carbocycles. The summed E-state index contributed by atoms with van der Waals surface area (Å²) in [5, 5.41) is 3.34. The van der Waals surface area contributed by atoms with Gasteiger partial charge in [-0.15, -0.1) is 0 Å². The van der Waals surface area contributed by atoms with Crippen molar-refractivity contribution >= 4 is 23.3 Å². The first kappa shape index (κ1) is 15.9. The van der Waals surface area contributed by atoms with Crippen molar-refractivity contribution in [3.63, 3.8) is 0 Å². The quantitative estimate of drug-likeness (QED) is 0.873. The minimum Gasteiger partial charge on any atom is -0.309 e. The molecule has 1 heterocycles. The Balaban J connectivity index is 2.50. The van der Waals surface area contributed by atoms with Gasteiger partial charge in [-0.1, -0.05) is 25.4 Å². The Morgan fingerprint density at radius 1 is 1.42 bits per heavy atom. The summed E-state index contributed by atoms with van der Waals surface area (Å²) in [5.74, 6) is 1.11. The van der Waals surface area contributed by atoms with E-state index in [4.69, 9.17) is 11.6 Å². The number of halogens is 1. The summed E-state index contributed by atoms with van der Waals surface area (Å²) in [5.41, 5.74) is 0. The fraction of sp³-hybridized carbons (Fsp3) is 0.571. The van der Waals surface area contributed by atoms with E-state index in [1.54, 1.807) is 12.1 Å². The van der Waals surface area contributed by atoms with Crippen molar-refractivity contribution in [3.05, 3.63) is 23.4 Å². The Kier molecular flexibility index (Phi) is 6.25. The number of aromatic nitrogens is 1. The molecule has 1 aromatic rings. The van der Waals surface area contributed by atoms with Crippen molar-refractivity contribution in [2.75, 3.05) is 18.9 Å². The van der Waals surface area contributed by atoms with E-state index in [9.17, 15) is 4.79 Å². The monoisotopic (exact) mass is 283 g/mol. The number of anilines is 1. The average molecular weight is 284 g/mol. The van der Waals surface area contributed by atoms with Crippen LogP contribution in [0.3, 0.4) is 0 Å². The number of pyridine rings is 1. The highest BCUT2D eigenvalue weighted by Crippen LogP contribution is 2.11. The summed E-state index contributed by atoms with van der Waals surface area (Å²) in [6, 6.07) is 3.22. The van der Waals surface area contributed by atoms with Crippen LogP contribution in [0.1, 0.15) is 27.2 Å². The SMILES string of the molecule is CC(C)CCN(C)C(C)C(=O)Nc1ccc(Cl)cn1. The van der Waals surface area contributed by atoms with Gasteiger partial charge in [0.15, 0.2) is 0 Å². The number of likely N-dealkylation sites (N-methyl/N-ethyl adjacent to an activating group) is 1. The first-order valence-corrected chi connectivity index (χ1v) is 6.90. The van der Waals surface area contributed by atoms with Gasteiger partial charge in [0.25, 0.3) is 0 Å². The molecule has 1 aromatic heterocycles. The first-order chi connectivity index (χ1) is 8.90. The van der Waals surface area contributed by atoms with E-state index in [0.717, 1.165) is 13.0 Å². The molecule has 19 heavy (non-hydrogen) atoms. The lowest BCUT2D eigenvalue weighted by molar-refractivity contribution is -0.120. The third kappa shape index (κ3) is 5.57. The molecule has 1 rings (SSSR count). The van der Waals surface area contributed by atoms with Gasteiger partial charge in [0.05, 0.1) is 11.1 Å². The summed E-state index contributed by atoms with van der Waals surface area (Å²) in [7, 11) is 1.96. The topological polar surface area (TPSA) is 45.2 Å². The van der Waals surface area contributed by atoms with Crippen LogP contribution >= 0.6 is 11.6 Å². The molecule has 1 atom stereocenters. The molecule has 0 aliphatic heterocycles. The van der Waals surface area contributed by atoms with E-state index < -0.39 is 0 Å². The minimum atomic E-state index is -0.184. The molecule has 1 unspecified atom stereocenters. The molecule has 5 heteroatoms. The molecule has 1 amide bonds. The predicted molar refractivity (Wildman–Crippen MR) is 79.4 cm³/mol. The summed E-state index contributed by atoms with van der Waals surface area (Å²) in [6.07, 6.45) is 2.59. The number of amides is 1. The van der Waals surface area contributed by atoms with E-state index in [2.05, 4.69) is 24.1 Å². The maximum Gasteiger partial charge on any atom is 0.242 e. The van der Waals surface area contributed by atoms with Crippen LogP contribution < -0.4 is 5.32 Å². The third-order valence-electron chi connectivity index (χ3n) is 3.08. The molecule has 4 nitrogen and oxygen atoms in total. The highest BCUT2D eigenvalue weighted by Gasteiger charge is 2.18. The molecule has 0 saturated carbocycles. The van der Waals surface area contributed by atoms with Crippen LogP contribution in [0.2, 0.25) is 5.02 Å². The Hall–Kier alpha value is -1.13. The summed E-state index contributed by atoms with van der Waals surface area (Å²) < 4.78 is 0. The molecule has 0 saturated heterocycles. The van der Waals surface area contributed by atoms with Crippen LogP contribution in [0.5, 0.6) is 0 Å². The van der Waals surface area contributed by atoms with Gasteiger partial charge < -0.3 is 5.32 Å². The van der Waals surface area contributed by atoms with Crippen molar-refractivity contribution in [1.29, 1.82) is 0 Å². The van der Waals surface area contributed by atoms with E-state index in [-0.39, 0.29) is 11.9 Å². The van der Waals surface area contributed by atoms with Crippen molar-refractivity contribution < 1.29 is 4.79 Å². The van der Waals surface area contributed by atoms with E-state index in [0.29, 0.717) is 16.8 Å². The standard InChI is InChI=1S/C14H22ClN3O/c1-10(2)7-8-18(4)11(3)14(19)17-13-6-5-12(15)9-16-13/h5-6,9-11H,7-8H2,1-4H3,(H,16,17,19). The molecule has 106 valence electrons. The zero-order chi connectivity index (χ0) is 14.4. The Morgan fingerprint density at radius 3 is 2.63 bits per heavy atom. The molecule has 0 aromatic carbocycles. The van der Waals surface area contributed by atoms with Gasteiger partial charge in [0, 0.05) is 6.20 Å². The molecule has 0 spiro atoms. The number of nitrogens with zero attached hydrogens (tertiary/aromatic N) is 2. The minimum absolute atomic E-state index is 0.0546. The number of carbonyl (C=O) groups is 1. The number of carbonyl (C=O) groups excluding carboxylic acids is 1. The number of nitrogens with one attached hydrogen (secondary N) is 1. The highest BCUT2D eigenvalue weighted by atomic mass is 35.5. The Morgan fingerprint density at radius 2 is 2.11 bits per heavy atom. The van der Waals surface area contributed by atoms with Crippen LogP contribution in [-0.4, -0.2) is 35.4 Å². The van der Waals surface area contributed by atoms with Crippen molar-refractivity contribution in [3.8, 4) is 0 Å². The zero-order valence-corrected chi connectivity index (χ0v) is 12.7. The van der Waals surface area contributed by atoms with Gasteiger partial charge in [-0.3, -0.25) is 9.69 Å². The number of rotatable bonds is 6. The van der Waals surface area contributed by atoms with Crippen LogP contribution in [0.4, 0.5) is 5.82 Å². The third-order valence-corrected chi connectivity index (χ3v) is 3.30. The van der Waals surface area contributed by atoms with Crippen molar-refractivity contribution in [1.82, 2.24) is 9.88 Å². The van der Waals surface area contributed by atoms with Gasteiger partial charge >= 0.3 is 0 Å². The molecule has 0 bridgehead atoms. The fourth-order valence-electron chi connectivity index (χ4n) is 1.54. The van der Waals surface area contributed by atoms with Gasteiger partial charge in [-0.25, -0.2) is 4.98 Å². The maximum atomic E-state index is 12.1. The number of hydrogen-bond acceptors (Lipinski definition) is 3. The molecular weight excluding hydrogens is 262 g/mol. The van der Waals surface area contributed by atoms with Crippen LogP contribution in [0, 0.1) is 5.92 Å². The molecule has 0 fully saturated rings. The zero-order valence-electron chi connectivity index (χ0n) is 12.0. The molecule has 1 N–H and O–H groups in total. The average Bonchev–Trinajstić information content (AvgIpc) is 2.37. The second kappa shape index (κ2) is 7.46. The normalized spacial score (nSPS) is 12.8. The van der Waals surface area contributed by atoms with Crippen LogP contribution in [0.25, 0.3) is 0 Å². The molecule has 0 aliphatic rings. The summed E-state index contributed by atoms with van der Waals surface area (Å²) in [4.78, 5) is 18.2. The van der Waals surface area contributed by atoms with Gasteiger partial charge in [-0.05, 0) is 45.0 Å². The van der Waals surface area contributed by atoms with E-state index in [1.807, 2.05) is 18.9 Å². The highest BCUT2D eigenvalue weighted by molar-refractivity contribution is 6.30. The predicted octanol–water partition coefficient (Wildman–Crippen LogP) is 3.04. The lowest BCUT2D eigenvalue weighted by Crippen LogP contribution is -2.40. The van der Waals surface area contributed by atoms with Gasteiger partial charge in [-0.2, -0.15) is 0 Å². The summed E-state index contributed by atoms with van der Waals surface area (Å²) in [6.45, 7) is 7.15. The second-order valence-electron chi connectivity index (χ2n) is 5.19. The molecular formula is C14H22ClN3O. The van der Waals surface area contributed by atoms with Crippen molar-refractivity contribution in [2.24, 2.45) is 5.92 Å². The maximum absolute atomic E-state index is 12.1. The first-order valence-electron chi connectivity index (χ1n) is 6.52. The summed E-state index contributed by atoms with van der Waals surface area (Å²) >= 11 is 5.75. The van der Waals surface area contributed by atoms with Crippen molar-refractivity contribution in [2.45, 2.75) is 33.2 Å². The van der Waals surface area contributed by atoms with Gasteiger partial charge in [0.1, 0.15) is 5.82 Å². The number of hydrogen-bond donors (Lipinski definition) is 1. The van der Waals surface area contributed by atoms with Crippen LogP contribution in [-0.2, 0) is 4.79 Å². The Labute approximate surface area is 120 Å². The lowest BCUT2D eigenvalue weighted by atomic mass is 10.1. The molecule has 0 radical (unpaired) electrons. The fourth-order valence-corrected chi connectivity index (χ4v) is 1.65. The van der Waals surface area contributed by atoms with E-state index >= 15 is 0 Å². The smallest absolute Gasteiger partial charge is 0.242 e. The second-order valence-corrected chi connectivity index (χ2v) is 5.63. The van der Waals surface area contributed by atoms with Gasteiger partial charge in [0.2, 0.25) is 5.91 Å². The lowest BCUT2D eigenvalue weighted by Gasteiger charge is -2.24. The van der Waals surface area contributed by atoms with Crippen LogP contribution in [0.15, 0.2) is 18.3 Å². The Bertz CT molecular complexity index is 406. The largest absolute Gasteiger partial charge is 0.309 e. The van der Waals surface area contributed by atoms with E-state index in [1.165, 1.54) is 6.20 Å².